The summed E-state index contributed by atoms with van der Waals surface area (Å²) in [5, 5.41) is 13.8. The molecule has 2 aromatic carbocycles. The highest BCUT2D eigenvalue weighted by atomic mass is 79.9. The molecule has 8 heteroatoms. The normalized spacial score (nSPS) is 10.7. The number of nitrogens with one attached hydrogen (secondary N) is 1. The summed E-state index contributed by atoms with van der Waals surface area (Å²) < 4.78 is 20.7. The summed E-state index contributed by atoms with van der Waals surface area (Å²) in [6, 6.07) is 10.1. The number of benzene rings is 2. The third-order valence-corrected chi connectivity index (χ3v) is 4.11. The van der Waals surface area contributed by atoms with Crippen LogP contribution in [-0.4, -0.2) is 20.6 Å². The topological polar surface area (TPSA) is 63.7 Å². The van der Waals surface area contributed by atoms with Crippen molar-refractivity contribution in [2.24, 2.45) is 0 Å². The quantitative estimate of drug-likeness (QED) is 0.680. The van der Waals surface area contributed by atoms with Gasteiger partial charge in [-0.3, -0.25) is 0 Å². The molecule has 0 aliphatic heterocycles. The first kappa shape index (κ1) is 15.1. The van der Waals surface area contributed by atoms with Gasteiger partial charge in [-0.15, -0.1) is 10.2 Å². The van der Waals surface area contributed by atoms with Crippen LogP contribution in [-0.2, 0) is 6.61 Å². The Morgan fingerprint density at radius 2 is 1.86 bits per heavy atom. The van der Waals surface area contributed by atoms with Crippen LogP contribution in [0.2, 0.25) is 0 Å². The lowest BCUT2D eigenvalue weighted by atomic mass is 10.2. The lowest BCUT2D eigenvalue weighted by molar-refractivity contribution is 0.296. The van der Waals surface area contributed by atoms with Crippen molar-refractivity contribution in [2.45, 2.75) is 6.61 Å². The van der Waals surface area contributed by atoms with E-state index < -0.39 is 0 Å². The van der Waals surface area contributed by atoms with Crippen molar-refractivity contribution in [3.8, 4) is 17.1 Å². The molecule has 0 radical (unpaired) electrons. The standard InChI is InChI=1S/C14H9Br2FN4O/c15-10-5-9(14-18-20-21-19-14)6-11(16)13(10)22-7-8-3-1-2-4-12(8)17/h1-6H,7H2,(H,18,19,20,21). The zero-order valence-corrected chi connectivity index (χ0v) is 14.2. The summed E-state index contributed by atoms with van der Waals surface area (Å²) in [5.74, 6) is 0.760. The number of tetrazole rings is 1. The van der Waals surface area contributed by atoms with E-state index in [1.807, 2.05) is 12.1 Å². The van der Waals surface area contributed by atoms with Gasteiger partial charge in [0.05, 0.1) is 8.95 Å². The molecule has 0 spiro atoms. The summed E-state index contributed by atoms with van der Waals surface area (Å²) in [6.07, 6.45) is 0. The SMILES string of the molecule is Fc1ccccc1COc1c(Br)cc(-c2nn[nH]n2)cc1Br. The Labute approximate surface area is 142 Å². The Balaban J connectivity index is 1.84. The molecule has 0 aliphatic rings. The van der Waals surface area contributed by atoms with Crippen molar-refractivity contribution in [3.05, 3.63) is 56.7 Å². The summed E-state index contributed by atoms with van der Waals surface area (Å²) in [5.41, 5.74) is 1.26. The van der Waals surface area contributed by atoms with E-state index in [9.17, 15) is 4.39 Å². The number of ether oxygens (including phenoxy) is 1. The van der Waals surface area contributed by atoms with Crippen LogP contribution < -0.4 is 4.74 Å². The van der Waals surface area contributed by atoms with Crippen molar-refractivity contribution < 1.29 is 9.13 Å². The van der Waals surface area contributed by atoms with E-state index in [0.29, 0.717) is 26.1 Å². The van der Waals surface area contributed by atoms with E-state index >= 15 is 0 Å². The van der Waals surface area contributed by atoms with Gasteiger partial charge in [-0.25, -0.2) is 4.39 Å². The Morgan fingerprint density at radius 1 is 1.14 bits per heavy atom. The van der Waals surface area contributed by atoms with Gasteiger partial charge >= 0.3 is 0 Å². The van der Waals surface area contributed by atoms with Gasteiger partial charge in [-0.05, 0) is 55.3 Å². The van der Waals surface area contributed by atoms with Crippen molar-refractivity contribution >= 4 is 31.9 Å². The van der Waals surface area contributed by atoms with Crippen LogP contribution in [0.1, 0.15) is 5.56 Å². The molecule has 0 aliphatic carbocycles. The maximum Gasteiger partial charge on any atom is 0.204 e. The molecule has 112 valence electrons. The second-order valence-electron chi connectivity index (χ2n) is 4.38. The fourth-order valence-electron chi connectivity index (χ4n) is 1.88. The largest absolute Gasteiger partial charge is 0.486 e. The Hall–Kier alpha value is -1.80. The fourth-order valence-corrected chi connectivity index (χ4v) is 3.29. The van der Waals surface area contributed by atoms with Gasteiger partial charge in [0.1, 0.15) is 18.2 Å². The van der Waals surface area contributed by atoms with E-state index in [1.165, 1.54) is 6.07 Å². The van der Waals surface area contributed by atoms with Gasteiger partial charge < -0.3 is 4.74 Å². The average molecular weight is 428 g/mol. The molecule has 0 amide bonds. The number of H-pyrrole nitrogens is 1. The number of hydrogen-bond donors (Lipinski definition) is 1. The van der Waals surface area contributed by atoms with Gasteiger partial charge in [0.15, 0.2) is 0 Å². The Kier molecular flexibility index (Phi) is 4.49. The second-order valence-corrected chi connectivity index (χ2v) is 6.09. The van der Waals surface area contributed by atoms with Gasteiger partial charge in [-0.1, -0.05) is 18.2 Å². The monoisotopic (exact) mass is 426 g/mol. The van der Waals surface area contributed by atoms with Crippen molar-refractivity contribution in [1.29, 1.82) is 0 Å². The molecule has 1 heterocycles. The zero-order valence-electron chi connectivity index (χ0n) is 11.1. The molecule has 1 N–H and O–H groups in total. The molecular weight excluding hydrogens is 419 g/mol. The molecule has 0 saturated heterocycles. The smallest absolute Gasteiger partial charge is 0.204 e. The zero-order chi connectivity index (χ0) is 15.5. The fraction of sp³-hybridized carbons (Fsp3) is 0.0714. The van der Waals surface area contributed by atoms with Crippen molar-refractivity contribution in [2.75, 3.05) is 0 Å². The number of hydrogen-bond acceptors (Lipinski definition) is 4. The number of nitrogens with zero attached hydrogens (tertiary/aromatic N) is 3. The molecule has 22 heavy (non-hydrogen) atoms. The van der Waals surface area contributed by atoms with Crippen LogP contribution in [0.5, 0.6) is 5.75 Å². The van der Waals surface area contributed by atoms with Crippen molar-refractivity contribution in [3.63, 3.8) is 0 Å². The second kappa shape index (κ2) is 6.53. The molecule has 1 aromatic heterocycles. The summed E-state index contributed by atoms with van der Waals surface area (Å²) in [7, 11) is 0. The number of rotatable bonds is 4. The lowest BCUT2D eigenvalue weighted by Crippen LogP contribution is -1.99. The molecule has 0 atom stereocenters. The summed E-state index contributed by atoms with van der Waals surface area (Å²) in [4.78, 5) is 0. The molecule has 3 rings (SSSR count). The van der Waals surface area contributed by atoms with Gasteiger partial charge in [0.25, 0.3) is 0 Å². The molecule has 0 fully saturated rings. The van der Waals surface area contributed by atoms with Crippen LogP contribution in [0.25, 0.3) is 11.4 Å². The van der Waals surface area contributed by atoms with E-state index in [-0.39, 0.29) is 12.4 Å². The number of aromatic nitrogens is 4. The minimum atomic E-state index is -0.293. The van der Waals surface area contributed by atoms with Crippen LogP contribution in [0.3, 0.4) is 0 Å². The molecule has 5 nitrogen and oxygen atoms in total. The van der Waals surface area contributed by atoms with Gasteiger partial charge in [-0.2, -0.15) is 5.21 Å². The minimum Gasteiger partial charge on any atom is -0.486 e. The molecule has 0 saturated carbocycles. The first-order valence-corrected chi connectivity index (χ1v) is 7.83. The third kappa shape index (κ3) is 3.17. The van der Waals surface area contributed by atoms with Crippen LogP contribution >= 0.6 is 31.9 Å². The summed E-state index contributed by atoms with van der Waals surface area (Å²) >= 11 is 6.88. The lowest BCUT2D eigenvalue weighted by Gasteiger charge is -2.12. The first-order valence-electron chi connectivity index (χ1n) is 6.24. The number of aromatic amines is 1. The van der Waals surface area contributed by atoms with E-state index in [4.69, 9.17) is 4.74 Å². The highest BCUT2D eigenvalue weighted by Crippen LogP contribution is 2.37. The Bertz CT molecular complexity index is 772. The van der Waals surface area contributed by atoms with E-state index in [0.717, 1.165) is 5.56 Å². The highest BCUT2D eigenvalue weighted by molar-refractivity contribution is 9.11. The van der Waals surface area contributed by atoms with Crippen molar-refractivity contribution in [1.82, 2.24) is 20.6 Å². The van der Waals surface area contributed by atoms with Crippen LogP contribution in [0, 0.1) is 5.82 Å². The van der Waals surface area contributed by atoms with Gasteiger partial charge in [0, 0.05) is 11.1 Å². The minimum absolute atomic E-state index is 0.130. The third-order valence-electron chi connectivity index (χ3n) is 2.93. The Morgan fingerprint density at radius 3 is 2.50 bits per heavy atom. The van der Waals surface area contributed by atoms with Crippen LogP contribution in [0.15, 0.2) is 45.3 Å². The average Bonchev–Trinajstić information content (AvgIpc) is 3.02. The van der Waals surface area contributed by atoms with E-state index in [1.54, 1.807) is 18.2 Å². The first-order chi connectivity index (χ1) is 10.6. The predicted octanol–water partition coefficient (Wildman–Crippen LogP) is 4.11. The van der Waals surface area contributed by atoms with E-state index in [2.05, 4.69) is 52.5 Å². The molecule has 0 unspecified atom stereocenters. The highest BCUT2D eigenvalue weighted by Gasteiger charge is 2.13. The van der Waals surface area contributed by atoms with Gasteiger partial charge in [0.2, 0.25) is 5.82 Å². The molecule has 3 aromatic rings. The molecule has 0 bridgehead atoms. The maximum atomic E-state index is 13.6. The maximum absolute atomic E-state index is 13.6. The van der Waals surface area contributed by atoms with Crippen LogP contribution in [0.4, 0.5) is 4.39 Å². The predicted molar refractivity (Wildman–Crippen MR) is 85.7 cm³/mol. The number of halogens is 3. The summed E-state index contributed by atoms with van der Waals surface area (Å²) in [6.45, 7) is 0.130. The molecular formula is C14H9Br2FN4O.